The van der Waals surface area contributed by atoms with Crippen molar-refractivity contribution >= 4 is 22.0 Å². The highest BCUT2D eigenvalue weighted by molar-refractivity contribution is 9.10. The zero-order valence-corrected chi connectivity index (χ0v) is 11.3. The molecule has 94 valence electrons. The molecule has 3 rings (SSSR count). The minimum atomic E-state index is -0.405. The topological polar surface area (TPSA) is 47.9 Å². The minimum Gasteiger partial charge on any atom is -0.467 e. The quantitative estimate of drug-likeness (QED) is 0.623. The molecule has 0 atom stereocenters. The number of benzene rings is 1. The number of fused-ring (bicyclic) bond motifs is 1. The van der Waals surface area contributed by atoms with Gasteiger partial charge in [0.1, 0.15) is 5.75 Å². The summed E-state index contributed by atoms with van der Waals surface area (Å²) in [7, 11) is 0. The molecular formula is C13H12BrNO3. The zero-order chi connectivity index (χ0) is 12.6. The third kappa shape index (κ3) is 1.79. The molecule has 1 heterocycles. The molecule has 1 saturated carbocycles. The molecule has 0 bridgehead atoms. The fourth-order valence-corrected chi connectivity index (χ4v) is 3.26. The van der Waals surface area contributed by atoms with Crippen LogP contribution in [0.1, 0.15) is 30.4 Å². The van der Waals surface area contributed by atoms with Gasteiger partial charge in [-0.1, -0.05) is 15.9 Å². The van der Waals surface area contributed by atoms with Crippen molar-refractivity contribution in [3.8, 4) is 5.75 Å². The first kappa shape index (κ1) is 11.9. The monoisotopic (exact) mass is 309 g/mol. The van der Waals surface area contributed by atoms with Crippen molar-refractivity contribution in [3.05, 3.63) is 27.7 Å². The van der Waals surface area contributed by atoms with Crippen molar-refractivity contribution in [2.75, 3.05) is 6.79 Å². The molecule has 0 aromatic heterocycles. The molecule has 0 unspecified atom stereocenters. The second-order valence-electron chi connectivity index (χ2n) is 4.64. The summed E-state index contributed by atoms with van der Waals surface area (Å²) in [5.41, 5.74) is 1.62. The van der Waals surface area contributed by atoms with Crippen LogP contribution in [0.4, 0.5) is 0 Å². The average Bonchev–Trinajstić information content (AvgIpc) is 2.33. The van der Waals surface area contributed by atoms with Gasteiger partial charge >= 0.3 is 0 Å². The predicted octanol–water partition coefficient (Wildman–Crippen LogP) is 3.03. The maximum Gasteiger partial charge on any atom is 0.235 e. The highest BCUT2D eigenvalue weighted by atomic mass is 79.9. The summed E-state index contributed by atoms with van der Waals surface area (Å²) in [6.45, 7) is 0.830. The molecule has 2 aliphatic rings. The predicted molar refractivity (Wildman–Crippen MR) is 68.1 cm³/mol. The second-order valence-corrected chi connectivity index (χ2v) is 5.49. The van der Waals surface area contributed by atoms with E-state index in [1.165, 1.54) is 0 Å². The fourth-order valence-electron chi connectivity index (χ4n) is 2.50. The first-order valence-corrected chi connectivity index (χ1v) is 6.67. The van der Waals surface area contributed by atoms with Gasteiger partial charge in [0.25, 0.3) is 0 Å². The SMILES string of the molecule is O=C=NC1(c2cc3c(cc2Br)COCO3)CCC1. The number of halogens is 1. The number of ether oxygens (including phenoxy) is 2. The van der Waals surface area contributed by atoms with Gasteiger partial charge in [-0.05, 0) is 37.0 Å². The maximum atomic E-state index is 10.6. The third-order valence-corrected chi connectivity index (χ3v) is 4.30. The number of aliphatic imine (C=N–C) groups is 1. The normalized spacial score (nSPS) is 20.1. The van der Waals surface area contributed by atoms with Crippen LogP contribution >= 0.6 is 15.9 Å². The molecule has 0 spiro atoms. The molecule has 4 nitrogen and oxygen atoms in total. The van der Waals surface area contributed by atoms with E-state index >= 15 is 0 Å². The molecule has 0 amide bonds. The molecule has 0 radical (unpaired) electrons. The summed E-state index contributed by atoms with van der Waals surface area (Å²) in [4.78, 5) is 14.6. The number of hydrogen-bond acceptors (Lipinski definition) is 4. The summed E-state index contributed by atoms with van der Waals surface area (Å²) < 4.78 is 11.7. The van der Waals surface area contributed by atoms with E-state index in [0.29, 0.717) is 6.61 Å². The van der Waals surface area contributed by atoms with E-state index in [0.717, 1.165) is 40.6 Å². The summed E-state index contributed by atoms with van der Waals surface area (Å²) >= 11 is 3.55. The molecule has 1 aromatic rings. The Balaban J connectivity index is 2.09. The first-order chi connectivity index (χ1) is 8.75. The van der Waals surface area contributed by atoms with Gasteiger partial charge in [0.15, 0.2) is 6.79 Å². The van der Waals surface area contributed by atoms with Crippen LogP contribution in [0.15, 0.2) is 21.6 Å². The number of carbonyl (C=O) groups excluding carboxylic acids is 1. The molecule has 5 heteroatoms. The van der Waals surface area contributed by atoms with Crippen LogP contribution in [0.25, 0.3) is 0 Å². The Morgan fingerprint density at radius 3 is 2.89 bits per heavy atom. The van der Waals surface area contributed by atoms with Crippen LogP contribution in [-0.2, 0) is 21.7 Å². The molecular weight excluding hydrogens is 298 g/mol. The lowest BCUT2D eigenvalue weighted by Crippen LogP contribution is -2.32. The van der Waals surface area contributed by atoms with Crippen LogP contribution in [0.2, 0.25) is 0 Å². The Kier molecular flexibility index (Phi) is 2.98. The highest BCUT2D eigenvalue weighted by Gasteiger charge is 2.41. The van der Waals surface area contributed by atoms with Gasteiger partial charge in [0, 0.05) is 10.0 Å². The summed E-state index contributed by atoms with van der Waals surface area (Å²) in [6.07, 6.45) is 4.56. The molecule has 1 aliphatic carbocycles. The lowest BCUT2D eigenvalue weighted by atomic mass is 9.72. The number of nitrogens with zero attached hydrogens (tertiary/aromatic N) is 1. The van der Waals surface area contributed by atoms with E-state index in [-0.39, 0.29) is 6.79 Å². The van der Waals surface area contributed by atoms with Gasteiger partial charge in [-0.15, -0.1) is 0 Å². The van der Waals surface area contributed by atoms with Gasteiger partial charge in [-0.3, -0.25) is 0 Å². The van der Waals surface area contributed by atoms with Gasteiger partial charge in [0.2, 0.25) is 6.08 Å². The lowest BCUT2D eigenvalue weighted by Gasteiger charge is -2.38. The Hall–Kier alpha value is -1.16. The van der Waals surface area contributed by atoms with Crippen molar-refractivity contribution < 1.29 is 14.3 Å². The third-order valence-electron chi connectivity index (χ3n) is 3.65. The van der Waals surface area contributed by atoms with E-state index in [1.54, 1.807) is 6.08 Å². The molecule has 1 aromatic carbocycles. The van der Waals surface area contributed by atoms with Crippen molar-refractivity contribution in [3.63, 3.8) is 0 Å². The number of isocyanates is 1. The molecule has 0 N–H and O–H groups in total. The van der Waals surface area contributed by atoms with E-state index in [4.69, 9.17) is 9.47 Å². The van der Waals surface area contributed by atoms with Gasteiger partial charge < -0.3 is 9.47 Å². The van der Waals surface area contributed by atoms with Crippen LogP contribution in [0.5, 0.6) is 5.75 Å². The average molecular weight is 310 g/mol. The molecule has 0 saturated heterocycles. The Morgan fingerprint density at radius 2 is 2.22 bits per heavy atom. The van der Waals surface area contributed by atoms with Gasteiger partial charge in [-0.25, -0.2) is 4.79 Å². The Morgan fingerprint density at radius 1 is 1.39 bits per heavy atom. The zero-order valence-electron chi connectivity index (χ0n) is 9.74. The summed E-state index contributed by atoms with van der Waals surface area (Å²) in [6, 6.07) is 3.96. The smallest absolute Gasteiger partial charge is 0.235 e. The van der Waals surface area contributed by atoms with Crippen LogP contribution in [0, 0.1) is 0 Å². The molecule has 1 fully saturated rings. The number of hydrogen-bond donors (Lipinski definition) is 0. The minimum absolute atomic E-state index is 0.276. The standard InChI is InChI=1S/C13H12BrNO3/c14-11-4-9-6-17-8-18-12(9)5-10(11)13(15-7-16)2-1-3-13/h4-5H,1-3,6,8H2. The van der Waals surface area contributed by atoms with E-state index in [9.17, 15) is 4.79 Å². The van der Waals surface area contributed by atoms with Gasteiger partial charge in [-0.2, -0.15) is 4.99 Å². The van der Waals surface area contributed by atoms with E-state index in [1.807, 2.05) is 12.1 Å². The molecule has 1 aliphatic heterocycles. The fraction of sp³-hybridized carbons (Fsp3) is 0.462. The lowest BCUT2D eigenvalue weighted by molar-refractivity contribution is -0.0166. The summed E-state index contributed by atoms with van der Waals surface area (Å²) in [5.74, 6) is 0.826. The largest absolute Gasteiger partial charge is 0.467 e. The van der Waals surface area contributed by atoms with E-state index in [2.05, 4.69) is 20.9 Å². The number of rotatable bonds is 2. The Labute approximate surface area is 113 Å². The van der Waals surface area contributed by atoms with Crippen molar-refractivity contribution in [2.45, 2.75) is 31.4 Å². The van der Waals surface area contributed by atoms with Crippen molar-refractivity contribution in [1.82, 2.24) is 0 Å². The molecule has 18 heavy (non-hydrogen) atoms. The van der Waals surface area contributed by atoms with Crippen molar-refractivity contribution in [1.29, 1.82) is 0 Å². The van der Waals surface area contributed by atoms with Gasteiger partial charge in [0.05, 0.1) is 12.1 Å². The Bertz CT molecular complexity index is 533. The van der Waals surface area contributed by atoms with Crippen LogP contribution < -0.4 is 4.74 Å². The maximum absolute atomic E-state index is 10.6. The second kappa shape index (κ2) is 4.50. The van der Waals surface area contributed by atoms with Crippen molar-refractivity contribution in [2.24, 2.45) is 4.99 Å². The first-order valence-electron chi connectivity index (χ1n) is 5.88. The highest BCUT2D eigenvalue weighted by Crippen LogP contribution is 2.48. The van der Waals surface area contributed by atoms with E-state index < -0.39 is 5.54 Å². The summed E-state index contributed by atoms with van der Waals surface area (Å²) in [5, 5.41) is 0. The van der Waals surface area contributed by atoms with Crippen LogP contribution in [0.3, 0.4) is 0 Å². The van der Waals surface area contributed by atoms with Crippen LogP contribution in [-0.4, -0.2) is 12.9 Å².